The third kappa shape index (κ3) is 4.85. The number of fused-ring (bicyclic) bond motifs is 1. The highest BCUT2D eigenvalue weighted by atomic mass is 19.1. The van der Waals surface area contributed by atoms with E-state index >= 15 is 0 Å². The van der Waals surface area contributed by atoms with Crippen LogP contribution in [0.25, 0.3) is 10.9 Å². The van der Waals surface area contributed by atoms with Crippen molar-refractivity contribution in [1.29, 1.82) is 0 Å². The summed E-state index contributed by atoms with van der Waals surface area (Å²) in [5.74, 6) is 0.0801. The lowest BCUT2D eigenvalue weighted by Crippen LogP contribution is -2.40. The van der Waals surface area contributed by atoms with Crippen LogP contribution in [0, 0.1) is 12.7 Å². The number of rotatable bonds is 7. The van der Waals surface area contributed by atoms with Crippen LogP contribution in [0.3, 0.4) is 0 Å². The summed E-state index contributed by atoms with van der Waals surface area (Å²) in [4.78, 5) is 35.3. The van der Waals surface area contributed by atoms with Crippen LogP contribution in [0.2, 0.25) is 0 Å². The summed E-state index contributed by atoms with van der Waals surface area (Å²) in [7, 11) is 0. The molecule has 0 radical (unpaired) electrons. The smallest absolute Gasteiger partial charge is 0.261 e. The number of hydrogen-bond acceptors (Lipinski definition) is 4. The van der Waals surface area contributed by atoms with E-state index in [0.29, 0.717) is 23.7 Å². The predicted octanol–water partition coefficient (Wildman–Crippen LogP) is 3.57. The molecule has 0 aliphatic heterocycles. The number of halogens is 1. The number of ether oxygens (including phenoxy) is 1. The lowest BCUT2D eigenvalue weighted by molar-refractivity contribution is -0.128. The molecule has 0 spiro atoms. The molecule has 0 aliphatic carbocycles. The summed E-state index contributed by atoms with van der Waals surface area (Å²) in [5, 5.41) is 3.99. The molecule has 0 saturated carbocycles. The van der Waals surface area contributed by atoms with Crippen molar-refractivity contribution in [2.24, 2.45) is 0 Å². The van der Waals surface area contributed by atoms with Gasteiger partial charge in [0.25, 0.3) is 11.5 Å². The van der Waals surface area contributed by atoms with E-state index in [1.54, 1.807) is 13.8 Å². The minimum absolute atomic E-state index is 0.290. The first-order chi connectivity index (χ1) is 15.4. The summed E-state index contributed by atoms with van der Waals surface area (Å²) >= 11 is 0. The van der Waals surface area contributed by atoms with Gasteiger partial charge >= 0.3 is 0 Å². The van der Waals surface area contributed by atoms with Crippen LogP contribution in [-0.2, 0) is 11.2 Å². The van der Waals surface area contributed by atoms with Gasteiger partial charge in [-0.05, 0) is 49.7 Å². The fourth-order valence-corrected chi connectivity index (χ4v) is 3.59. The highest BCUT2D eigenvalue weighted by Crippen LogP contribution is 2.24. The number of carbonyl (C=O) groups is 1. The molecule has 7 nitrogen and oxygen atoms in total. The number of aromatic nitrogens is 3. The maximum absolute atomic E-state index is 13.1. The Balaban J connectivity index is 1.59. The van der Waals surface area contributed by atoms with Crippen LogP contribution in [0.15, 0.2) is 65.6 Å². The molecule has 0 fully saturated rings. The number of nitrogens with one attached hydrogen (secondary N) is 3. The zero-order chi connectivity index (χ0) is 22.7. The SMILES string of the molecule is Cc1nc(C(Cc2c[nH]c3ccccc23)NC(=O)C(C)Oc2ccc(F)cc2)cc(=O)[nH]1. The number of aryl methyl sites for hydroxylation is 1. The van der Waals surface area contributed by atoms with Crippen LogP contribution in [0.5, 0.6) is 5.75 Å². The number of aromatic amines is 2. The Morgan fingerprint density at radius 1 is 1.19 bits per heavy atom. The Morgan fingerprint density at radius 3 is 2.69 bits per heavy atom. The standard InChI is InChI=1S/C24H23FN4O3/c1-14(32-18-9-7-17(25)8-10-18)24(31)29-21(22-12-23(30)28-15(2)27-22)11-16-13-26-20-6-4-3-5-19(16)20/h3-10,12-14,21,26H,11H2,1-2H3,(H,29,31)(H,27,28,30). The lowest BCUT2D eigenvalue weighted by Gasteiger charge is -2.21. The highest BCUT2D eigenvalue weighted by Gasteiger charge is 2.23. The summed E-state index contributed by atoms with van der Waals surface area (Å²) in [5.41, 5.74) is 2.13. The van der Waals surface area contributed by atoms with E-state index in [2.05, 4.69) is 20.3 Å². The van der Waals surface area contributed by atoms with Gasteiger partial charge in [-0.3, -0.25) is 9.59 Å². The fourth-order valence-electron chi connectivity index (χ4n) is 3.59. The van der Waals surface area contributed by atoms with Crippen molar-refractivity contribution >= 4 is 16.8 Å². The Bertz CT molecular complexity index is 1300. The lowest BCUT2D eigenvalue weighted by atomic mass is 10.0. The van der Waals surface area contributed by atoms with E-state index in [4.69, 9.17) is 4.74 Å². The normalized spacial score (nSPS) is 13.0. The maximum Gasteiger partial charge on any atom is 0.261 e. The molecule has 2 heterocycles. The van der Waals surface area contributed by atoms with Gasteiger partial charge in [0, 0.05) is 29.6 Å². The Kier molecular flexibility index (Phi) is 6.02. The van der Waals surface area contributed by atoms with E-state index in [0.717, 1.165) is 16.5 Å². The molecule has 32 heavy (non-hydrogen) atoms. The third-order valence-electron chi connectivity index (χ3n) is 5.15. The highest BCUT2D eigenvalue weighted by molar-refractivity contribution is 5.84. The molecule has 2 unspecified atom stereocenters. The second kappa shape index (κ2) is 9.05. The molecule has 2 aromatic carbocycles. The van der Waals surface area contributed by atoms with E-state index in [1.165, 1.54) is 30.3 Å². The van der Waals surface area contributed by atoms with Crippen LogP contribution in [-0.4, -0.2) is 27.0 Å². The van der Waals surface area contributed by atoms with Crippen LogP contribution < -0.4 is 15.6 Å². The minimum Gasteiger partial charge on any atom is -0.481 e. The summed E-state index contributed by atoms with van der Waals surface area (Å²) < 4.78 is 18.8. The monoisotopic (exact) mass is 434 g/mol. The largest absolute Gasteiger partial charge is 0.481 e. The number of para-hydroxylation sites is 1. The minimum atomic E-state index is -0.839. The second-order valence-corrected chi connectivity index (χ2v) is 7.59. The van der Waals surface area contributed by atoms with Gasteiger partial charge in [0.2, 0.25) is 0 Å². The van der Waals surface area contributed by atoms with E-state index in [-0.39, 0.29) is 17.3 Å². The summed E-state index contributed by atoms with van der Waals surface area (Å²) in [6.45, 7) is 3.30. The third-order valence-corrected chi connectivity index (χ3v) is 5.15. The molecule has 2 aromatic heterocycles. The van der Waals surface area contributed by atoms with E-state index in [9.17, 15) is 14.0 Å². The number of amides is 1. The molecule has 3 N–H and O–H groups in total. The van der Waals surface area contributed by atoms with Crippen molar-refractivity contribution in [3.8, 4) is 5.75 Å². The quantitative estimate of drug-likeness (QED) is 0.414. The predicted molar refractivity (Wildman–Crippen MR) is 119 cm³/mol. The van der Waals surface area contributed by atoms with Crippen LogP contribution in [0.4, 0.5) is 4.39 Å². The molecule has 8 heteroatoms. The molecule has 0 bridgehead atoms. The number of carbonyl (C=O) groups excluding carboxylic acids is 1. The first-order valence-electron chi connectivity index (χ1n) is 10.2. The van der Waals surface area contributed by atoms with Gasteiger partial charge in [0.05, 0.1) is 11.7 Å². The molecule has 2 atom stereocenters. The zero-order valence-electron chi connectivity index (χ0n) is 17.7. The van der Waals surface area contributed by atoms with Gasteiger partial charge in [-0.15, -0.1) is 0 Å². The molecular weight excluding hydrogens is 411 g/mol. The summed E-state index contributed by atoms with van der Waals surface area (Å²) in [6, 6.07) is 14.1. The van der Waals surface area contributed by atoms with Gasteiger partial charge in [0.15, 0.2) is 6.10 Å². The Hall–Kier alpha value is -3.94. The van der Waals surface area contributed by atoms with Crippen molar-refractivity contribution in [2.75, 3.05) is 0 Å². The zero-order valence-corrected chi connectivity index (χ0v) is 17.7. The van der Waals surface area contributed by atoms with Crippen LogP contribution in [0.1, 0.15) is 30.0 Å². The average molecular weight is 434 g/mol. The van der Waals surface area contributed by atoms with Crippen molar-refractivity contribution < 1.29 is 13.9 Å². The summed E-state index contributed by atoms with van der Waals surface area (Å²) in [6.07, 6.45) is 1.48. The molecule has 4 rings (SSSR count). The average Bonchev–Trinajstić information content (AvgIpc) is 3.17. The number of H-pyrrole nitrogens is 2. The second-order valence-electron chi connectivity index (χ2n) is 7.59. The van der Waals surface area contributed by atoms with Gasteiger partial charge in [-0.25, -0.2) is 9.37 Å². The van der Waals surface area contributed by atoms with Crippen molar-refractivity contribution in [2.45, 2.75) is 32.4 Å². The van der Waals surface area contributed by atoms with Crippen molar-refractivity contribution in [3.05, 3.63) is 94.0 Å². The first kappa shape index (κ1) is 21.3. The van der Waals surface area contributed by atoms with Crippen molar-refractivity contribution in [3.63, 3.8) is 0 Å². The molecular formula is C24H23FN4O3. The Labute approximate surface area is 183 Å². The molecule has 1 amide bonds. The number of hydrogen-bond donors (Lipinski definition) is 3. The number of benzene rings is 2. The van der Waals surface area contributed by atoms with Gasteiger partial charge in [-0.2, -0.15) is 0 Å². The van der Waals surface area contributed by atoms with Gasteiger partial charge < -0.3 is 20.0 Å². The Morgan fingerprint density at radius 2 is 1.94 bits per heavy atom. The van der Waals surface area contributed by atoms with Crippen molar-refractivity contribution in [1.82, 2.24) is 20.3 Å². The van der Waals surface area contributed by atoms with E-state index < -0.39 is 12.1 Å². The first-order valence-corrected chi connectivity index (χ1v) is 10.2. The molecule has 164 valence electrons. The fraction of sp³-hybridized carbons (Fsp3) is 0.208. The van der Waals surface area contributed by atoms with E-state index in [1.807, 2.05) is 30.5 Å². The molecule has 0 saturated heterocycles. The maximum atomic E-state index is 13.1. The van der Waals surface area contributed by atoms with Gasteiger partial charge in [-0.1, -0.05) is 18.2 Å². The topological polar surface area (TPSA) is 99.9 Å². The number of nitrogens with zero attached hydrogens (tertiary/aromatic N) is 1. The molecule has 0 aliphatic rings. The molecule has 4 aromatic rings. The van der Waals surface area contributed by atoms with Gasteiger partial charge in [0.1, 0.15) is 17.4 Å². The van der Waals surface area contributed by atoms with Crippen LogP contribution >= 0.6 is 0 Å².